The number of ether oxygens (including phenoxy) is 3. The van der Waals surface area contributed by atoms with Crippen LogP contribution >= 0.6 is 11.6 Å². The number of aryl methyl sites for hydroxylation is 1. The fraction of sp³-hybridized carbons (Fsp3) is 0.120. The average molecular weight is 466 g/mol. The van der Waals surface area contributed by atoms with Gasteiger partial charge in [-0.15, -0.1) is 0 Å². The third-order valence-electron chi connectivity index (χ3n) is 4.78. The van der Waals surface area contributed by atoms with Crippen LogP contribution in [-0.2, 0) is 4.79 Å². The van der Waals surface area contributed by atoms with Crippen molar-refractivity contribution in [2.45, 2.75) is 6.92 Å². The number of para-hydroxylation sites is 1. The molecule has 4 rings (SSSR count). The van der Waals surface area contributed by atoms with E-state index in [1.165, 1.54) is 0 Å². The number of fused-ring (bicyclic) bond motifs is 1. The van der Waals surface area contributed by atoms with Crippen molar-refractivity contribution in [3.63, 3.8) is 0 Å². The molecule has 8 heteroatoms. The first kappa shape index (κ1) is 22.2. The molecule has 0 radical (unpaired) electrons. The van der Waals surface area contributed by atoms with Gasteiger partial charge in [0.15, 0.2) is 6.61 Å². The van der Waals surface area contributed by atoms with Gasteiger partial charge in [0.2, 0.25) is 11.2 Å². The molecule has 0 bridgehead atoms. The molecular weight excluding hydrogens is 446 g/mol. The lowest BCUT2D eigenvalue weighted by Crippen LogP contribution is -2.20. The molecule has 0 saturated carbocycles. The van der Waals surface area contributed by atoms with Crippen LogP contribution in [0.15, 0.2) is 75.9 Å². The number of hydrogen-bond acceptors (Lipinski definition) is 6. The topological polar surface area (TPSA) is 87.0 Å². The first-order chi connectivity index (χ1) is 15.9. The average Bonchev–Trinajstić information content (AvgIpc) is 2.82. The van der Waals surface area contributed by atoms with E-state index in [0.717, 1.165) is 0 Å². The first-order valence-corrected chi connectivity index (χ1v) is 10.4. The molecule has 168 valence electrons. The summed E-state index contributed by atoms with van der Waals surface area (Å²) in [4.78, 5) is 25.1. The molecule has 0 unspecified atom stereocenters. The van der Waals surface area contributed by atoms with E-state index >= 15 is 0 Å². The SMILES string of the molecule is COc1ccc(Oc2c(C)oc3cc(OCC(=O)Nc4ccccc4Cl)ccc3c2=O)cc1. The van der Waals surface area contributed by atoms with Gasteiger partial charge >= 0.3 is 0 Å². The Hall–Kier alpha value is -3.97. The Morgan fingerprint density at radius 3 is 2.42 bits per heavy atom. The molecular formula is C25H20ClNO6. The van der Waals surface area contributed by atoms with Gasteiger partial charge in [-0.1, -0.05) is 23.7 Å². The van der Waals surface area contributed by atoms with Crippen LogP contribution in [0.25, 0.3) is 11.0 Å². The van der Waals surface area contributed by atoms with E-state index in [1.807, 2.05) is 0 Å². The number of benzene rings is 3. The van der Waals surface area contributed by atoms with Gasteiger partial charge in [-0.25, -0.2) is 0 Å². The number of anilines is 1. The van der Waals surface area contributed by atoms with Gasteiger partial charge in [0, 0.05) is 6.07 Å². The lowest BCUT2D eigenvalue weighted by atomic mass is 10.2. The Morgan fingerprint density at radius 1 is 1.00 bits per heavy atom. The molecule has 4 aromatic rings. The third kappa shape index (κ3) is 5.10. The number of hydrogen-bond donors (Lipinski definition) is 1. The highest BCUT2D eigenvalue weighted by Crippen LogP contribution is 2.28. The van der Waals surface area contributed by atoms with Crippen LogP contribution in [0.1, 0.15) is 5.76 Å². The molecule has 1 heterocycles. The van der Waals surface area contributed by atoms with Crippen LogP contribution in [0.3, 0.4) is 0 Å². The first-order valence-electron chi connectivity index (χ1n) is 10.0. The Kier molecular flexibility index (Phi) is 6.51. The second-order valence-corrected chi connectivity index (χ2v) is 7.48. The van der Waals surface area contributed by atoms with E-state index in [2.05, 4.69) is 5.32 Å². The number of rotatable bonds is 7. The summed E-state index contributed by atoms with van der Waals surface area (Å²) in [5.74, 6) is 1.58. The number of halogens is 1. The zero-order valence-electron chi connectivity index (χ0n) is 17.9. The molecule has 1 amide bonds. The fourth-order valence-corrected chi connectivity index (χ4v) is 3.32. The van der Waals surface area contributed by atoms with E-state index in [-0.39, 0.29) is 23.7 Å². The Labute approximate surface area is 194 Å². The number of methoxy groups -OCH3 is 1. The van der Waals surface area contributed by atoms with Crippen molar-refractivity contribution in [3.8, 4) is 23.0 Å². The molecule has 0 aliphatic rings. The highest BCUT2D eigenvalue weighted by Gasteiger charge is 2.15. The van der Waals surface area contributed by atoms with E-state index < -0.39 is 0 Å². The van der Waals surface area contributed by atoms with Gasteiger partial charge in [-0.05, 0) is 55.5 Å². The second kappa shape index (κ2) is 9.67. The maximum atomic E-state index is 13.0. The zero-order chi connectivity index (χ0) is 23.4. The number of carbonyl (C=O) groups is 1. The largest absolute Gasteiger partial charge is 0.497 e. The molecule has 1 N–H and O–H groups in total. The summed E-state index contributed by atoms with van der Waals surface area (Å²) < 4.78 is 22.2. The molecule has 3 aromatic carbocycles. The van der Waals surface area contributed by atoms with Gasteiger partial charge < -0.3 is 23.9 Å². The summed E-state index contributed by atoms with van der Waals surface area (Å²) in [6.45, 7) is 1.41. The standard InChI is InChI=1S/C25H20ClNO6/c1-15-25(33-17-9-7-16(30-2)8-10-17)24(29)19-12-11-18(13-22(19)32-15)31-14-23(28)27-21-6-4-3-5-20(21)26/h3-13H,14H2,1-2H3,(H,27,28). The molecule has 0 spiro atoms. The van der Waals surface area contributed by atoms with Crippen LogP contribution in [0, 0.1) is 6.92 Å². The van der Waals surface area contributed by atoms with Crippen molar-refractivity contribution in [1.82, 2.24) is 0 Å². The molecule has 33 heavy (non-hydrogen) atoms. The predicted molar refractivity (Wildman–Crippen MR) is 126 cm³/mol. The Morgan fingerprint density at radius 2 is 1.70 bits per heavy atom. The summed E-state index contributed by atoms with van der Waals surface area (Å²) in [7, 11) is 1.57. The van der Waals surface area contributed by atoms with Crippen LogP contribution in [0.5, 0.6) is 23.0 Å². The van der Waals surface area contributed by atoms with Crippen molar-refractivity contribution in [3.05, 3.63) is 87.7 Å². The fourth-order valence-electron chi connectivity index (χ4n) is 3.14. The second-order valence-electron chi connectivity index (χ2n) is 7.07. The minimum Gasteiger partial charge on any atom is -0.497 e. The highest BCUT2D eigenvalue weighted by molar-refractivity contribution is 6.33. The monoisotopic (exact) mass is 465 g/mol. The predicted octanol–water partition coefficient (Wildman–Crippen LogP) is 5.57. The summed E-state index contributed by atoms with van der Waals surface area (Å²) >= 11 is 6.04. The van der Waals surface area contributed by atoms with Crippen molar-refractivity contribution in [2.75, 3.05) is 19.0 Å². The van der Waals surface area contributed by atoms with Crippen LogP contribution in [0.2, 0.25) is 5.02 Å². The molecule has 1 aromatic heterocycles. The van der Waals surface area contributed by atoms with E-state index in [4.69, 9.17) is 30.2 Å². The molecule has 0 aliphatic heterocycles. The van der Waals surface area contributed by atoms with E-state index in [0.29, 0.717) is 44.7 Å². The summed E-state index contributed by atoms with van der Waals surface area (Å²) in [5, 5.41) is 3.44. The molecule has 0 fully saturated rings. The number of carbonyl (C=O) groups excluding carboxylic acids is 1. The highest BCUT2D eigenvalue weighted by atomic mass is 35.5. The minimum atomic E-state index is -0.371. The molecule has 0 saturated heterocycles. The van der Waals surface area contributed by atoms with Crippen molar-refractivity contribution in [2.24, 2.45) is 0 Å². The molecule has 0 atom stereocenters. The van der Waals surface area contributed by atoms with Crippen molar-refractivity contribution in [1.29, 1.82) is 0 Å². The lowest BCUT2D eigenvalue weighted by Gasteiger charge is -2.11. The maximum Gasteiger partial charge on any atom is 0.262 e. The molecule has 7 nitrogen and oxygen atoms in total. The van der Waals surface area contributed by atoms with Gasteiger partial charge in [0.25, 0.3) is 5.91 Å². The Balaban J connectivity index is 1.49. The lowest BCUT2D eigenvalue weighted by molar-refractivity contribution is -0.118. The quantitative estimate of drug-likeness (QED) is 0.383. The maximum absolute atomic E-state index is 13.0. The summed E-state index contributed by atoms with van der Waals surface area (Å²) in [6.07, 6.45) is 0. The molecule has 0 aliphatic carbocycles. The smallest absolute Gasteiger partial charge is 0.262 e. The normalized spacial score (nSPS) is 10.6. The van der Waals surface area contributed by atoms with E-state index in [1.54, 1.807) is 80.8 Å². The van der Waals surface area contributed by atoms with Gasteiger partial charge in [0.1, 0.15) is 28.6 Å². The Bertz CT molecular complexity index is 1360. The van der Waals surface area contributed by atoms with Crippen molar-refractivity contribution >= 4 is 34.2 Å². The van der Waals surface area contributed by atoms with Crippen molar-refractivity contribution < 1.29 is 23.4 Å². The minimum absolute atomic E-state index is 0.0976. The zero-order valence-corrected chi connectivity index (χ0v) is 18.6. The number of amides is 1. The van der Waals surface area contributed by atoms with Crippen LogP contribution in [0.4, 0.5) is 5.69 Å². The number of nitrogens with one attached hydrogen (secondary N) is 1. The summed E-state index contributed by atoms with van der Waals surface area (Å²) in [5.41, 5.74) is 0.508. The van der Waals surface area contributed by atoms with E-state index in [9.17, 15) is 9.59 Å². The van der Waals surface area contributed by atoms with Crippen LogP contribution in [-0.4, -0.2) is 19.6 Å². The summed E-state index contributed by atoms with van der Waals surface area (Å²) in [6, 6.07) is 18.5. The van der Waals surface area contributed by atoms with Gasteiger partial charge in [-0.3, -0.25) is 9.59 Å². The third-order valence-corrected chi connectivity index (χ3v) is 5.11. The van der Waals surface area contributed by atoms with Crippen LogP contribution < -0.4 is 25.0 Å². The van der Waals surface area contributed by atoms with Gasteiger partial charge in [-0.2, -0.15) is 0 Å². The van der Waals surface area contributed by atoms with Gasteiger partial charge in [0.05, 0.1) is 23.2 Å².